The number of ether oxygens (including phenoxy) is 1. The molecular formula is C18H30Cl2N2O2. The Morgan fingerprint density at radius 3 is 2.17 bits per heavy atom. The van der Waals surface area contributed by atoms with Gasteiger partial charge in [-0.15, -0.1) is 24.8 Å². The molecule has 24 heavy (non-hydrogen) atoms. The van der Waals surface area contributed by atoms with Crippen molar-refractivity contribution >= 4 is 24.8 Å². The highest BCUT2D eigenvalue weighted by atomic mass is 35.5. The zero-order valence-electron chi connectivity index (χ0n) is 14.6. The van der Waals surface area contributed by atoms with Crippen LogP contribution in [0.2, 0.25) is 0 Å². The summed E-state index contributed by atoms with van der Waals surface area (Å²) in [5, 5.41) is 13.3. The van der Waals surface area contributed by atoms with E-state index in [1.165, 1.54) is 16.7 Å². The highest BCUT2D eigenvalue weighted by Gasteiger charge is 2.33. The molecule has 2 heterocycles. The number of piperazine rings is 1. The van der Waals surface area contributed by atoms with Crippen LogP contribution in [-0.4, -0.2) is 49.4 Å². The Hall–Kier alpha value is -0.520. The number of phenolic OH excluding ortho intramolecular Hbond substituents is 1. The summed E-state index contributed by atoms with van der Waals surface area (Å²) in [6.45, 7) is 10.4. The van der Waals surface area contributed by atoms with Crippen molar-refractivity contribution in [3.8, 4) is 5.75 Å². The fourth-order valence-electron chi connectivity index (χ4n) is 4.13. The van der Waals surface area contributed by atoms with Gasteiger partial charge >= 0.3 is 0 Å². The molecule has 0 aliphatic carbocycles. The van der Waals surface area contributed by atoms with Crippen LogP contribution in [0.1, 0.15) is 35.6 Å². The van der Waals surface area contributed by atoms with E-state index in [-0.39, 0.29) is 24.8 Å². The second-order valence-corrected chi connectivity index (χ2v) is 6.67. The van der Waals surface area contributed by atoms with Gasteiger partial charge in [0.1, 0.15) is 5.75 Å². The first kappa shape index (κ1) is 21.5. The molecule has 0 radical (unpaired) electrons. The van der Waals surface area contributed by atoms with Crippen LogP contribution < -0.4 is 5.32 Å². The number of hydrogen-bond donors (Lipinski definition) is 2. The fraction of sp³-hybridized carbons (Fsp3) is 0.667. The van der Waals surface area contributed by atoms with Crippen LogP contribution in [-0.2, 0) is 4.74 Å². The molecular weight excluding hydrogens is 347 g/mol. The first-order valence-electron chi connectivity index (χ1n) is 8.49. The molecule has 6 heteroatoms. The largest absolute Gasteiger partial charge is 0.508 e. The van der Waals surface area contributed by atoms with E-state index in [9.17, 15) is 5.11 Å². The monoisotopic (exact) mass is 376 g/mol. The number of rotatable bonds is 3. The fourth-order valence-corrected chi connectivity index (χ4v) is 4.13. The number of halogens is 2. The van der Waals surface area contributed by atoms with E-state index in [1.807, 2.05) is 12.1 Å². The normalized spacial score (nSPS) is 20.8. The zero-order valence-corrected chi connectivity index (χ0v) is 16.2. The predicted octanol–water partition coefficient (Wildman–Crippen LogP) is 3.23. The second-order valence-electron chi connectivity index (χ2n) is 6.67. The standard InChI is InChI=1S/C18H28N2O2.2ClH/c1-13-11-16(21)12-14(2)17(13)18(15-3-9-22-10-4-15)20-7-5-19-6-8-20;;/h11-12,15,18-19,21H,3-10H2,1-2H3;2*1H/t18-;;/m1../s1. The Bertz CT molecular complexity index is 475. The first-order valence-corrected chi connectivity index (χ1v) is 8.49. The summed E-state index contributed by atoms with van der Waals surface area (Å²) in [5.74, 6) is 1.03. The second kappa shape index (κ2) is 9.83. The lowest BCUT2D eigenvalue weighted by molar-refractivity contribution is 0.0209. The van der Waals surface area contributed by atoms with Gasteiger partial charge in [0.2, 0.25) is 0 Å². The minimum Gasteiger partial charge on any atom is -0.508 e. The highest BCUT2D eigenvalue weighted by Crippen LogP contribution is 2.39. The molecule has 2 saturated heterocycles. The Morgan fingerprint density at radius 1 is 1.08 bits per heavy atom. The Morgan fingerprint density at radius 2 is 1.62 bits per heavy atom. The SMILES string of the molecule is Cc1cc(O)cc(C)c1[C@@H](C1CCOCC1)N1CCNCC1.Cl.Cl. The van der Waals surface area contributed by atoms with Gasteiger partial charge in [0.15, 0.2) is 0 Å². The number of hydrogen-bond acceptors (Lipinski definition) is 4. The van der Waals surface area contributed by atoms with Gasteiger partial charge in [0, 0.05) is 45.4 Å². The molecule has 138 valence electrons. The quantitative estimate of drug-likeness (QED) is 0.849. The molecule has 2 fully saturated rings. The lowest BCUT2D eigenvalue weighted by atomic mass is 9.82. The van der Waals surface area contributed by atoms with Crippen LogP contribution in [0.3, 0.4) is 0 Å². The van der Waals surface area contributed by atoms with Crippen molar-refractivity contribution in [3.63, 3.8) is 0 Å². The van der Waals surface area contributed by atoms with Crippen LogP contribution in [0.15, 0.2) is 12.1 Å². The van der Waals surface area contributed by atoms with Crippen molar-refractivity contribution in [2.45, 2.75) is 32.7 Å². The molecule has 0 amide bonds. The molecule has 2 N–H and O–H groups in total. The summed E-state index contributed by atoms with van der Waals surface area (Å²) in [6, 6.07) is 4.28. The molecule has 2 aliphatic heterocycles. The van der Waals surface area contributed by atoms with E-state index in [4.69, 9.17) is 4.74 Å². The maximum absolute atomic E-state index is 9.88. The van der Waals surface area contributed by atoms with Gasteiger partial charge in [-0.1, -0.05) is 0 Å². The minimum atomic E-state index is 0. The summed E-state index contributed by atoms with van der Waals surface area (Å²) >= 11 is 0. The lowest BCUT2D eigenvalue weighted by Gasteiger charge is -2.42. The number of benzene rings is 1. The topological polar surface area (TPSA) is 44.7 Å². The summed E-state index contributed by atoms with van der Waals surface area (Å²) in [5.41, 5.74) is 3.85. The van der Waals surface area contributed by atoms with E-state index in [1.54, 1.807) is 0 Å². The first-order chi connectivity index (χ1) is 10.7. The molecule has 1 aromatic carbocycles. The Balaban J connectivity index is 0.00000144. The average Bonchev–Trinajstić information content (AvgIpc) is 2.52. The van der Waals surface area contributed by atoms with E-state index in [2.05, 4.69) is 24.1 Å². The number of nitrogens with one attached hydrogen (secondary N) is 1. The summed E-state index contributed by atoms with van der Waals surface area (Å²) in [7, 11) is 0. The molecule has 3 rings (SSSR count). The van der Waals surface area contributed by atoms with Gasteiger partial charge in [0.05, 0.1) is 0 Å². The maximum atomic E-state index is 9.88. The molecule has 1 aromatic rings. The molecule has 0 unspecified atom stereocenters. The van der Waals surface area contributed by atoms with E-state index >= 15 is 0 Å². The molecule has 1 atom stereocenters. The lowest BCUT2D eigenvalue weighted by Crippen LogP contribution is -2.48. The summed E-state index contributed by atoms with van der Waals surface area (Å²) in [6.07, 6.45) is 2.27. The van der Waals surface area contributed by atoms with Gasteiger partial charge < -0.3 is 15.2 Å². The van der Waals surface area contributed by atoms with Gasteiger partial charge in [-0.3, -0.25) is 4.90 Å². The number of aryl methyl sites for hydroxylation is 2. The molecule has 0 spiro atoms. The van der Waals surface area contributed by atoms with Crippen molar-refractivity contribution in [2.75, 3.05) is 39.4 Å². The van der Waals surface area contributed by atoms with Gasteiger partial charge in [-0.05, 0) is 61.4 Å². The van der Waals surface area contributed by atoms with Gasteiger partial charge in [0.25, 0.3) is 0 Å². The minimum absolute atomic E-state index is 0. The van der Waals surface area contributed by atoms with E-state index < -0.39 is 0 Å². The number of nitrogens with zero attached hydrogens (tertiary/aromatic N) is 1. The van der Waals surface area contributed by atoms with Crippen molar-refractivity contribution in [3.05, 3.63) is 28.8 Å². The van der Waals surface area contributed by atoms with Crippen LogP contribution in [0, 0.1) is 19.8 Å². The molecule has 4 nitrogen and oxygen atoms in total. The predicted molar refractivity (Wildman–Crippen MR) is 103 cm³/mol. The average molecular weight is 377 g/mol. The van der Waals surface area contributed by atoms with E-state index in [0.717, 1.165) is 52.2 Å². The smallest absolute Gasteiger partial charge is 0.116 e. The number of aromatic hydroxyl groups is 1. The van der Waals surface area contributed by atoms with Crippen LogP contribution in [0.5, 0.6) is 5.75 Å². The summed E-state index contributed by atoms with van der Waals surface area (Å²) in [4.78, 5) is 2.64. The van der Waals surface area contributed by atoms with Crippen molar-refractivity contribution in [1.29, 1.82) is 0 Å². The van der Waals surface area contributed by atoms with Crippen LogP contribution >= 0.6 is 24.8 Å². The van der Waals surface area contributed by atoms with E-state index in [0.29, 0.717) is 17.7 Å². The highest BCUT2D eigenvalue weighted by molar-refractivity contribution is 5.85. The Labute approximate surface area is 157 Å². The third-order valence-electron chi connectivity index (χ3n) is 5.13. The van der Waals surface area contributed by atoms with Crippen molar-refractivity contribution in [2.24, 2.45) is 5.92 Å². The van der Waals surface area contributed by atoms with Crippen LogP contribution in [0.4, 0.5) is 0 Å². The maximum Gasteiger partial charge on any atom is 0.116 e. The van der Waals surface area contributed by atoms with Crippen LogP contribution in [0.25, 0.3) is 0 Å². The van der Waals surface area contributed by atoms with Gasteiger partial charge in [-0.2, -0.15) is 0 Å². The summed E-state index contributed by atoms with van der Waals surface area (Å²) < 4.78 is 5.58. The third kappa shape index (κ3) is 4.77. The Kier molecular flexibility index (Phi) is 8.82. The molecule has 0 bridgehead atoms. The van der Waals surface area contributed by atoms with Crippen molar-refractivity contribution < 1.29 is 9.84 Å². The zero-order chi connectivity index (χ0) is 15.5. The molecule has 0 aromatic heterocycles. The number of phenols is 1. The molecule has 0 saturated carbocycles. The van der Waals surface area contributed by atoms with Gasteiger partial charge in [-0.25, -0.2) is 0 Å². The van der Waals surface area contributed by atoms with Crippen molar-refractivity contribution in [1.82, 2.24) is 10.2 Å². The molecule has 2 aliphatic rings. The third-order valence-corrected chi connectivity index (χ3v) is 5.13.